The van der Waals surface area contributed by atoms with Crippen LogP contribution in [0.3, 0.4) is 0 Å². The smallest absolute Gasteiger partial charge is 0.130 e. The van der Waals surface area contributed by atoms with Crippen LogP contribution < -0.4 is 0 Å². The molecule has 200 valence electrons. The van der Waals surface area contributed by atoms with Crippen molar-refractivity contribution in [3.05, 3.63) is 94.5 Å². The van der Waals surface area contributed by atoms with E-state index in [1.54, 1.807) is 18.2 Å². The van der Waals surface area contributed by atoms with Gasteiger partial charge in [-0.05, 0) is 82.8 Å². The molecule has 2 atom stereocenters. The van der Waals surface area contributed by atoms with Crippen molar-refractivity contribution in [1.82, 2.24) is 0 Å². The largest absolute Gasteiger partial charge is 0.508 e. The monoisotopic (exact) mass is 528 g/mol. The summed E-state index contributed by atoms with van der Waals surface area (Å²) in [5.41, 5.74) is 4.05. The zero-order chi connectivity index (χ0) is 28.0. The van der Waals surface area contributed by atoms with Gasteiger partial charge in [-0.3, -0.25) is 0 Å². The Hall–Kier alpha value is -4.82. The number of phenols is 6. The highest BCUT2D eigenvalue weighted by Gasteiger charge is 2.35. The summed E-state index contributed by atoms with van der Waals surface area (Å²) in [5, 5.41) is 63.5. The van der Waals surface area contributed by atoms with Gasteiger partial charge in [0.1, 0.15) is 40.3 Å². The number of ether oxygens (including phenoxy) is 2. The Labute approximate surface area is 224 Å². The summed E-state index contributed by atoms with van der Waals surface area (Å²) in [6.07, 6.45) is -0.855. The molecule has 4 aromatic carbocycles. The van der Waals surface area contributed by atoms with Gasteiger partial charge in [-0.15, -0.1) is 0 Å². The van der Waals surface area contributed by atoms with Crippen LogP contribution in [0.1, 0.15) is 46.8 Å². The molecule has 0 saturated heterocycles. The number of aromatic hydroxyl groups is 6. The fraction of sp³-hybridized carbons (Fsp3) is 0.161. The van der Waals surface area contributed by atoms with Gasteiger partial charge in [0.05, 0.1) is 13.2 Å². The van der Waals surface area contributed by atoms with Crippen molar-refractivity contribution in [2.75, 3.05) is 14.2 Å². The number of methoxy groups -OCH3 is 2. The molecule has 0 heterocycles. The number of rotatable bonds is 3. The minimum absolute atomic E-state index is 0.0198. The molecule has 8 heteroatoms. The number of fused-ring (bicyclic) bond motifs is 4. The molecule has 6 N–H and O–H groups in total. The van der Waals surface area contributed by atoms with E-state index in [1.165, 1.54) is 62.8 Å². The topological polar surface area (TPSA) is 140 Å². The maximum Gasteiger partial charge on any atom is 0.130 e. The molecule has 0 aliphatic heterocycles. The van der Waals surface area contributed by atoms with Crippen LogP contribution in [0.15, 0.2) is 66.7 Å². The molecular formula is C31H28O8. The van der Waals surface area contributed by atoms with E-state index in [0.29, 0.717) is 50.3 Å². The summed E-state index contributed by atoms with van der Waals surface area (Å²) in [6.45, 7) is 1.82. The molecule has 0 amide bonds. The van der Waals surface area contributed by atoms with E-state index < -0.39 is 12.0 Å². The molecule has 0 aromatic heterocycles. The van der Waals surface area contributed by atoms with Crippen molar-refractivity contribution in [2.45, 2.75) is 18.9 Å². The van der Waals surface area contributed by atoms with Gasteiger partial charge in [0, 0.05) is 36.3 Å². The van der Waals surface area contributed by atoms with Gasteiger partial charge < -0.3 is 40.1 Å². The molecule has 0 bridgehead atoms. The predicted molar refractivity (Wildman–Crippen MR) is 146 cm³/mol. The standard InChI is InChI=1S/C31H28O8/c1-15-22-6-4-17(32)11-24(22)28(16-8-19(34)10-20(35)9-16)31(39-3)25-12-18(33)5-7-23(25)29-26(30(15)38-2)13-21(36)14-27(29)37/h4-14,28,31-37H,1-3H3/b30-15-. The first-order valence-corrected chi connectivity index (χ1v) is 12.2. The third-order valence-electron chi connectivity index (χ3n) is 7.12. The van der Waals surface area contributed by atoms with Crippen LogP contribution in [0.4, 0.5) is 0 Å². The Bertz CT molecular complexity index is 1600. The highest BCUT2D eigenvalue weighted by molar-refractivity contribution is 5.96. The molecule has 0 radical (unpaired) electrons. The fourth-order valence-electron chi connectivity index (χ4n) is 5.58. The lowest BCUT2D eigenvalue weighted by Gasteiger charge is -2.33. The summed E-state index contributed by atoms with van der Waals surface area (Å²) in [4.78, 5) is 0. The molecule has 39 heavy (non-hydrogen) atoms. The van der Waals surface area contributed by atoms with Gasteiger partial charge in [0.15, 0.2) is 0 Å². The maximum atomic E-state index is 11.1. The van der Waals surface area contributed by atoms with E-state index in [4.69, 9.17) is 9.47 Å². The second-order valence-corrected chi connectivity index (χ2v) is 9.51. The van der Waals surface area contributed by atoms with Crippen molar-refractivity contribution < 1.29 is 40.1 Å². The van der Waals surface area contributed by atoms with E-state index >= 15 is 0 Å². The first-order chi connectivity index (χ1) is 18.6. The third-order valence-corrected chi connectivity index (χ3v) is 7.12. The normalized spacial score (nSPS) is 18.5. The van der Waals surface area contributed by atoms with Crippen LogP contribution in [0.2, 0.25) is 0 Å². The van der Waals surface area contributed by atoms with Gasteiger partial charge in [-0.25, -0.2) is 0 Å². The summed E-state index contributed by atoms with van der Waals surface area (Å²) in [5.74, 6) is -1.18. The summed E-state index contributed by atoms with van der Waals surface area (Å²) in [6, 6.07) is 16.4. The maximum absolute atomic E-state index is 11.1. The van der Waals surface area contributed by atoms with Crippen LogP contribution in [-0.4, -0.2) is 44.9 Å². The first-order valence-electron chi connectivity index (χ1n) is 12.2. The fourth-order valence-corrected chi connectivity index (χ4v) is 5.58. The van der Waals surface area contributed by atoms with Gasteiger partial charge in [0.25, 0.3) is 0 Å². The minimum atomic E-state index is -0.855. The van der Waals surface area contributed by atoms with Crippen molar-refractivity contribution in [2.24, 2.45) is 0 Å². The number of phenolic OH excluding ortho intramolecular Hbond substituents is 6. The van der Waals surface area contributed by atoms with Crippen molar-refractivity contribution >= 4 is 11.3 Å². The number of allylic oxidation sites excluding steroid dienone is 1. The highest BCUT2D eigenvalue weighted by Crippen LogP contribution is 2.52. The Kier molecular flexibility index (Phi) is 6.49. The van der Waals surface area contributed by atoms with Crippen molar-refractivity contribution in [3.8, 4) is 45.6 Å². The summed E-state index contributed by atoms with van der Waals surface area (Å²) in [7, 11) is 2.97. The first kappa shape index (κ1) is 25.8. The molecule has 1 aliphatic carbocycles. The Morgan fingerprint density at radius 1 is 0.590 bits per heavy atom. The van der Waals surface area contributed by atoms with Gasteiger partial charge in [0.2, 0.25) is 0 Å². The quantitative estimate of drug-likeness (QED) is 0.192. The van der Waals surface area contributed by atoms with E-state index in [1.807, 2.05) is 6.92 Å². The van der Waals surface area contributed by atoms with Crippen molar-refractivity contribution in [1.29, 1.82) is 0 Å². The van der Waals surface area contributed by atoms with Gasteiger partial charge >= 0.3 is 0 Å². The Morgan fingerprint density at radius 2 is 1.18 bits per heavy atom. The minimum Gasteiger partial charge on any atom is -0.508 e. The molecule has 0 saturated carbocycles. The van der Waals surface area contributed by atoms with Crippen molar-refractivity contribution in [3.63, 3.8) is 0 Å². The average molecular weight is 529 g/mol. The second-order valence-electron chi connectivity index (χ2n) is 9.51. The zero-order valence-electron chi connectivity index (χ0n) is 21.5. The SMILES string of the molecule is CO/C1=C(/C)c2ccc(O)cc2C(c2cc(O)cc(O)c2)C(OC)c2cc(O)ccc2-c2c(O)cc(O)cc21. The third kappa shape index (κ3) is 4.45. The molecule has 8 nitrogen and oxygen atoms in total. The zero-order valence-corrected chi connectivity index (χ0v) is 21.5. The second kappa shape index (κ2) is 9.81. The van der Waals surface area contributed by atoms with Gasteiger partial charge in [-0.2, -0.15) is 0 Å². The predicted octanol–water partition coefficient (Wildman–Crippen LogP) is 5.95. The highest BCUT2D eigenvalue weighted by atomic mass is 16.5. The number of benzene rings is 4. The summed E-state index contributed by atoms with van der Waals surface area (Å²) < 4.78 is 11.9. The molecule has 0 fully saturated rings. The lowest BCUT2D eigenvalue weighted by atomic mass is 9.76. The van der Waals surface area contributed by atoms with E-state index in [2.05, 4.69) is 0 Å². The van der Waals surface area contributed by atoms with E-state index in [9.17, 15) is 30.6 Å². The number of hydrogen-bond donors (Lipinski definition) is 6. The molecule has 0 spiro atoms. The molecular weight excluding hydrogens is 500 g/mol. The molecule has 2 unspecified atom stereocenters. The lowest BCUT2D eigenvalue weighted by molar-refractivity contribution is 0.0891. The number of hydrogen-bond acceptors (Lipinski definition) is 8. The summed E-state index contributed by atoms with van der Waals surface area (Å²) >= 11 is 0. The van der Waals surface area contributed by atoms with E-state index in [0.717, 1.165) is 0 Å². The van der Waals surface area contributed by atoms with Crippen LogP contribution in [0.5, 0.6) is 34.5 Å². The van der Waals surface area contributed by atoms with Crippen LogP contribution in [0.25, 0.3) is 22.5 Å². The Balaban J connectivity index is 2.02. The van der Waals surface area contributed by atoms with Crippen LogP contribution in [-0.2, 0) is 9.47 Å². The molecule has 5 rings (SSSR count). The molecule has 1 aliphatic rings. The van der Waals surface area contributed by atoms with E-state index in [-0.39, 0.29) is 34.5 Å². The lowest BCUT2D eigenvalue weighted by Crippen LogP contribution is -2.18. The van der Waals surface area contributed by atoms with Crippen LogP contribution >= 0.6 is 0 Å². The van der Waals surface area contributed by atoms with Gasteiger partial charge in [-0.1, -0.05) is 12.1 Å². The van der Waals surface area contributed by atoms with Crippen LogP contribution in [0, 0.1) is 0 Å². The Morgan fingerprint density at radius 3 is 1.79 bits per heavy atom. The average Bonchev–Trinajstić information content (AvgIpc) is 2.86. The molecule has 4 aromatic rings.